The Morgan fingerprint density at radius 1 is 1.42 bits per heavy atom. The van der Waals surface area contributed by atoms with Crippen molar-refractivity contribution in [2.45, 2.75) is 45.8 Å². The van der Waals surface area contributed by atoms with Gasteiger partial charge < -0.3 is 9.47 Å². The average Bonchev–Trinajstić information content (AvgIpc) is 2.71. The van der Waals surface area contributed by atoms with E-state index in [4.69, 9.17) is 14.7 Å². The minimum Gasteiger partial charge on any atom is -0.464 e. The van der Waals surface area contributed by atoms with Crippen LogP contribution >= 0.6 is 0 Å². The number of ether oxygens (including phenoxy) is 2. The number of carbonyl (C=O) groups is 2. The van der Waals surface area contributed by atoms with Crippen LogP contribution in [0.3, 0.4) is 0 Å². The van der Waals surface area contributed by atoms with Crippen LogP contribution in [0.1, 0.15) is 34.1 Å². The average molecular weight is 268 g/mol. The second-order valence-corrected chi connectivity index (χ2v) is 5.46. The lowest BCUT2D eigenvalue weighted by atomic mass is 10.1. The number of nitriles is 1. The molecule has 2 atom stereocenters. The summed E-state index contributed by atoms with van der Waals surface area (Å²) in [6, 6.07) is 1.36. The van der Waals surface area contributed by atoms with Gasteiger partial charge in [-0.05, 0) is 34.1 Å². The molecule has 106 valence electrons. The van der Waals surface area contributed by atoms with E-state index in [0.29, 0.717) is 6.42 Å². The summed E-state index contributed by atoms with van der Waals surface area (Å²) in [5.74, 6) is -0.840. The zero-order chi connectivity index (χ0) is 14.6. The Morgan fingerprint density at radius 2 is 2.05 bits per heavy atom. The summed E-state index contributed by atoms with van der Waals surface area (Å²) < 4.78 is 10.2. The lowest BCUT2D eigenvalue weighted by Gasteiger charge is -2.27. The fourth-order valence-corrected chi connectivity index (χ4v) is 1.91. The molecule has 1 fully saturated rings. The van der Waals surface area contributed by atoms with Crippen molar-refractivity contribution >= 4 is 12.1 Å². The Bertz CT molecular complexity index is 394. The third-order valence-electron chi connectivity index (χ3n) is 2.67. The molecule has 6 heteroatoms. The molecule has 0 bridgehead atoms. The molecule has 0 aromatic rings. The molecule has 19 heavy (non-hydrogen) atoms. The van der Waals surface area contributed by atoms with Gasteiger partial charge in [-0.15, -0.1) is 0 Å². The van der Waals surface area contributed by atoms with E-state index in [1.165, 1.54) is 4.90 Å². The maximum Gasteiger partial charge on any atom is 0.411 e. The van der Waals surface area contributed by atoms with E-state index in [1.54, 1.807) is 27.7 Å². The molecule has 0 N–H and O–H groups in total. The molecule has 1 amide bonds. The van der Waals surface area contributed by atoms with Gasteiger partial charge in [0.15, 0.2) is 0 Å². The summed E-state index contributed by atoms with van der Waals surface area (Å²) in [5, 5.41) is 8.95. The van der Waals surface area contributed by atoms with Gasteiger partial charge in [-0.2, -0.15) is 5.26 Å². The van der Waals surface area contributed by atoms with Crippen LogP contribution in [0.4, 0.5) is 4.79 Å². The molecule has 0 spiro atoms. The van der Waals surface area contributed by atoms with Gasteiger partial charge in [0.1, 0.15) is 11.6 Å². The Morgan fingerprint density at radius 3 is 2.53 bits per heavy atom. The molecular weight excluding hydrogens is 248 g/mol. The molecular formula is C13H20N2O4. The van der Waals surface area contributed by atoms with Crippen LogP contribution in [-0.2, 0) is 14.3 Å². The highest BCUT2D eigenvalue weighted by Crippen LogP contribution is 2.25. The van der Waals surface area contributed by atoms with Crippen LogP contribution in [0.5, 0.6) is 0 Å². The molecule has 0 radical (unpaired) electrons. The van der Waals surface area contributed by atoms with E-state index in [9.17, 15) is 9.59 Å². The first-order valence-electron chi connectivity index (χ1n) is 6.34. The highest BCUT2D eigenvalue weighted by atomic mass is 16.6. The zero-order valence-electron chi connectivity index (χ0n) is 11.8. The molecule has 1 heterocycles. The van der Waals surface area contributed by atoms with Gasteiger partial charge in [0.2, 0.25) is 0 Å². The number of likely N-dealkylation sites (tertiary alicyclic amines) is 1. The van der Waals surface area contributed by atoms with Crippen molar-refractivity contribution in [3.05, 3.63) is 0 Å². The summed E-state index contributed by atoms with van der Waals surface area (Å²) >= 11 is 0. The van der Waals surface area contributed by atoms with Crippen molar-refractivity contribution in [1.82, 2.24) is 4.90 Å². The largest absolute Gasteiger partial charge is 0.464 e. The van der Waals surface area contributed by atoms with E-state index < -0.39 is 23.7 Å². The maximum absolute atomic E-state index is 12.0. The number of nitrogens with zero attached hydrogens (tertiary/aromatic N) is 2. The van der Waals surface area contributed by atoms with Crippen LogP contribution < -0.4 is 0 Å². The van der Waals surface area contributed by atoms with Gasteiger partial charge in [-0.25, -0.2) is 9.59 Å². The molecule has 1 aliphatic heterocycles. The minimum atomic E-state index is -0.723. The van der Waals surface area contributed by atoms with Crippen molar-refractivity contribution in [3.63, 3.8) is 0 Å². The third-order valence-corrected chi connectivity index (χ3v) is 2.67. The molecule has 6 nitrogen and oxygen atoms in total. The molecule has 1 aliphatic rings. The summed E-state index contributed by atoms with van der Waals surface area (Å²) in [4.78, 5) is 25.1. The smallest absolute Gasteiger partial charge is 0.411 e. The van der Waals surface area contributed by atoms with Crippen LogP contribution in [0.2, 0.25) is 0 Å². The highest BCUT2D eigenvalue weighted by Gasteiger charge is 2.42. The van der Waals surface area contributed by atoms with Crippen molar-refractivity contribution in [2.24, 2.45) is 5.92 Å². The molecule has 0 saturated carbocycles. The van der Waals surface area contributed by atoms with Gasteiger partial charge in [0, 0.05) is 6.54 Å². The quantitative estimate of drug-likeness (QED) is 0.712. The number of hydrogen-bond acceptors (Lipinski definition) is 5. The Balaban J connectivity index is 2.80. The Labute approximate surface area is 113 Å². The van der Waals surface area contributed by atoms with Crippen LogP contribution in [0.15, 0.2) is 0 Å². The summed E-state index contributed by atoms with van der Waals surface area (Å²) in [7, 11) is 0. The summed E-state index contributed by atoms with van der Waals surface area (Å²) in [5.41, 5.74) is -0.638. The topological polar surface area (TPSA) is 79.6 Å². The number of carbonyl (C=O) groups excluding carboxylic acids is 2. The highest BCUT2D eigenvalue weighted by molar-refractivity contribution is 5.82. The monoisotopic (exact) mass is 268 g/mol. The zero-order valence-corrected chi connectivity index (χ0v) is 11.8. The predicted octanol–water partition coefficient (Wildman–Crippen LogP) is 1.70. The SMILES string of the molecule is CCOC(=O)[C@H]1C[C@@H](C#N)CN1C(=O)OC(C)(C)C. The molecule has 0 aromatic carbocycles. The van der Waals surface area contributed by atoms with Crippen LogP contribution in [0, 0.1) is 17.2 Å². The standard InChI is InChI=1S/C13H20N2O4/c1-5-18-11(16)10-6-9(7-14)8-15(10)12(17)19-13(2,3)4/h9-10H,5-6,8H2,1-4H3/t9-,10+/m0/s1. The fourth-order valence-electron chi connectivity index (χ4n) is 1.91. The minimum absolute atomic E-state index is 0.203. The van der Waals surface area contributed by atoms with Crippen molar-refractivity contribution < 1.29 is 19.1 Å². The Kier molecular flexibility index (Phi) is 4.76. The first-order valence-corrected chi connectivity index (χ1v) is 6.34. The molecule has 0 unspecified atom stereocenters. The first-order chi connectivity index (χ1) is 8.78. The predicted molar refractivity (Wildman–Crippen MR) is 67.1 cm³/mol. The molecule has 0 aromatic heterocycles. The normalized spacial score (nSPS) is 22.8. The molecule has 1 rings (SSSR count). The lowest BCUT2D eigenvalue weighted by molar-refractivity contribution is -0.148. The van der Waals surface area contributed by atoms with Gasteiger partial charge in [-0.1, -0.05) is 0 Å². The second-order valence-electron chi connectivity index (χ2n) is 5.46. The number of esters is 1. The van der Waals surface area contributed by atoms with Crippen LogP contribution in [-0.4, -0.2) is 41.8 Å². The van der Waals surface area contributed by atoms with Crippen molar-refractivity contribution in [3.8, 4) is 6.07 Å². The second kappa shape index (κ2) is 5.91. The first kappa shape index (κ1) is 15.3. The summed E-state index contributed by atoms with van der Waals surface area (Å²) in [6.45, 7) is 7.41. The van der Waals surface area contributed by atoms with Gasteiger partial charge in [0.05, 0.1) is 18.6 Å². The number of amides is 1. The third kappa shape index (κ3) is 4.12. The number of rotatable bonds is 2. The van der Waals surface area contributed by atoms with E-state index in [0.717, 1.165) is 0 Å². The van der Waals surface area contributed by atoms with Gasteiger partial charge >= 0.3 is 12.1 Å². The van der Waals surface area contributed by atoms with E-state index >= 15 is 0 Å². The van der Waals surface area contributed by atoms with E-state index in [1.807, 2.05) is 0 Å². The van der Waals surface area contributed by atoms with Crippen molar-refractivity contribution in [2.75, 3.05) is 13.2 Å². The lowest BCUT2D eigenvalue weighted by Crippen LogP contribution is -2.44. The van der Waals surface area contributed by atoms with Crippen LogP contribution in [0.25, 0.3) is 0 Å². The maximum atomic E-state index is 12.0. The van der Waals surface area contributed by atoms with E-state index in [2.05, 4.69) is 6.07 Å². The van der Waals surface area contributed by atoms with E-state index in [-0.39, 0.29) is 19.1 Å². The Hall–Kier alpha value is -1.77. The molecule has 1 saturated heterocycles. The summed E-state index contributed by atoms with van der Waals surface area (Å²) in [6.07, 6.45) is -0.280. The fraction of sp³-hybridized carbons (Fsp3) is 0.769. The van der Waals surface area contributed by atoms with Gasteiger partial charge in [0.25, 0.3) is 0 Å². The number of hydrogen-bond donors (Lipinski definition) is 0. The van der Waals surface area contributed by atoms with Crippen molar-refractivity contribution in [1.29, 1.82) is 5.26 Å². The molecule has 0 aliphatic carbocycles. The van der Waals surface area contributed by atoms with Gasteiger partial charge in [-0.3, -0.25) is 4.90 Å².